The maximum absolute atomic E-state index is 12.3. The summed E-state index contributed by atoms with van der Waals surface area (Å²) in [5.41, 5.74) is 5.77. The Hall–Kier alpha value is -1.42. The van der Waals surface area contributed by atoms with Gasteiger partial charge in [0.25, 0.3) is 5.91 Å². The highest BCUT2D eigenvalue weighted by molar-refractivity contribution is 7.18. The number of hydrogen-bond acceptors (Lipinski definition) is 8. The maximum Gasteiger partial charge on any atom is 0.267 e. The van der Waals surface area contributed by atoms with Gasteiger partial charge in [0, 0.05) is 34.4 Å². The normalized spacial score (nSPS) is 12.2. The summed E-state index contributed by atoms with van der Waals surface area (Å²) in [5.74, 6) is -0.0991. The topological polar surface area (TPSA) is 110 Å². The number of nitrogens with one attached hydrogen (secondary N) is 1. The predicted octanol–water partition coefficient (Wildman–Crippen LogP) is -0.137. The Balaban J connectivity index is 2.64. The van der Waals surface area contributed by atoms with Gasteiger partial charge in [0.05, 0.1) is 19.3 Å². The monoisotopic (exact) mass is 318 g/mol. The number of hydrogen-bond donors (Lipinski definition) is 3. The third-order valence-electron chi connectivity index (χ3n) is 2.62. The minimum Gasteiger partial charge on any atom is -0.389 e. The fourth-order valence-electron chi connectivity index (χ4n) is 1.64. The summed E-state index contributed by atoms with van der Waals surface area (Å²) in [7, 11) is 4.69. The zero-order chi connectivity index (χ0) is 15.8. The van der Waals surface area contributed by atoms with E-state index in [0.29, 0.717) is 23.2 Å². The number of nitrogens with zero attached hydrogens (tertiary/aromatic N) is 2. The fourth-order valence-corrected chi connectivity index (χ4v) is 2.54. The van der Waals surface area contributed by atoms with E-state index in [0.717, 1.165) is 0 Å². The second-order valence-corrected chi connectivity index (χ2v) is 5.45. The van der Waals surface area contributed by atoms with Crippen LogP contribution in [0.2, 0.25) is 0 Å². The van der Waals surface area contributed by atoms with Crippen molar-refractivity contribution in [3.8, 4) is 0 Å². The van der Waals surface area contributed by atoms with E-state index >= 15 is 0 Å². The van der Waals surface area contributed by atoms with Crippen molar-refractivity contribution < 1.29 is 19.4 Å². The van der Waals surface area contributed by atoms with Gasteiger partial charge in [-0.25, -0.2) is 4.98 Å². The van der Waals surface area contributed by atoms with Crippen molar-refractivity contribution in [1.82, 2.24) is 9.88 Å². The quantitative estimate of drug-likeness (QED) is 0.544. The van der Waals surface area contributed by atoms with Crippen LogP contribution in [0.4, 0.5) is 10.9 Å². The summed E-state index contributed by atoms with van der Waals surface area (Å²) in [6.07, 6.45) is -0.739. The number of anilines is 2. The van der Waals surface area contributed by atoms with Gasteiger partial charge in [0.2, 0.25) is 0 Å². The molecular formula is C12H22N4O4S. The number of aliphatic hydroxyl groups excluding tert-OH is 1. The molecule has 9 heteroatoms. The summed E-state index contributed by atoms with van der Waals surface area (Å²) in [5, 5.41) is 13.2. The molecule has 8 nitrogen and oxygen atoms in total. The van der Waals surface area contributed by atoms with E-state index in [2.05, 4.69) is 10.3 Å². The van der Waals surface area contributed by atoms with Crippen molar-refractivity contribution in [2.45, 2.75) is 6.10 Å². The minimum absolute atomic E-state index is 0.163. The molecule has 0 saturated heterocycles. The number of nitrogen functional groups attached to an aromatic ring is 1. The van der Waals surface area contributed by atoms with Crippen LogP contribution in [-0.2, 0) is 9.47 Å². The first kappa shape index (κ1) is 17.6. The Labute approximate surface area is 127 Å². The van der Waals surface area contributed by atoms with Gasteiger partial charge in [-0.3, -0.25) is 4.79 Å². The maximum atomic E-state index is 12.3. The highest BCUT2D eigenvalue weighted by atomic mass is 32.1. The van der Waals surface area contributed by atoms with Gasteiger partial charge in [0.1, 0.15) is 10.7 Å². The summed E-state index contributed by atoms with van der Waals surface area (Å²) in [6, 6.07) is 0. The molecule has 0 fully saturated rings. The number of carbonyl (C=O) groups excluding carboxylic acids is 1. The number of aliphatic hydroxyl groups is 1. The lowest BCUT2D eigenvalue weighted by atomic mass is 10.3. The lowest BCUT2D eigenvalue weighted by Crippen LogP contribution is -2.36. The van der Waals surface area contributed by atoms with Crippen LogP contribution in [0.5, 0.6) is 0 Å². The number of ether oxygens (including phenoxy) is 2. The molecular weight excluding hydrogens is 296 g/mol. The molecule has 0 spiro atoms. The molecule has 120 valence electrons. The van der Waals surface area contributed by atoms with Crippen molar-refractivity contribution in [3.05, 3.63) is 4.88 Å². The predicted molar refractivity (Wildman–Crippen MR) is 81.7 cm³/mol. The lowest BCUT2D eigenvalue weighted by Gasteiger charge is -2.19. The molecule has 0 saturated carbocycles. The first-order valence-electron chi connectivity index (χ1n) is 6.41. The summed E-state index contributed by atoms with van der Waals surface area (Å²) < 4.78 is 9.75. The molecule has 1 amide bonds. The highest BCUT2D eigenvalue weighted by Gasteiger charge is 2.21. The molecule has 0 radical (unpaired) electrons. The smallest absolute Gasteiger partial charge is 0.267 e. The van der Waals surface area contributed by atoms with Crippen LogP contribution in [0.25, 0.3) is 0 Å². The molecule has 1 rings (SSSR count). The van der Waals surface area contributed by atoms with E-state index in [1.807, 2.05) is 0 Å². The number of thiazole rings is 1. The zero-order valence-electron chi connectivity index (χ0n) is 12.5. The SMILES string of the molecule is COCCNc1nc(N)c(C(=O)N(C)CC(O)COC)s1. The van der Waals surface area contributed by atoms with Gasteiger partial charge in [0.15, 0.2) is 5.13 Å². The number of nitrogens with two attached hydrogens (primary N) is 1. The van der Waals surface area contributed by atoms with Crippen LogP contribution < -0.4 is 11.1 Å². The van der Waals surface area contributed by atoms with E-state index in [1.54, 1.807) is 14.2 Å². The third-order valence-corrected chi connectivity index (χ3v) is 3.64. The van der Waals surface area contributed by atoms with E-state index in [9.17, 15) is 9.90 Å². The fraction of sp³-hybridized carbons (Fsp3) is 0.667. The van der Waals surface area contributed by atoms with Crippen LogP contribution in [0.1, 0.15) is 9.67 Å². The first-order valence-corrected chi connectivity index (χ1v) is 7.22. The second kappa shape index (κ2) is 8.78. The molecule has 21 heavy (non-hydrogen) atoms. The molecule has 1 aromatic rings. The number of likely N-dealkylation sites (N-methyl/N-ethyl adjacent to an activating group) is 1. The standard InChI is InChI=1S/C12H22N4O4S/c1-16(6-8(17)7-20-3)11(18)9-10(13)15-12(21-9)14-4-5-19-2/h8,17H,4-7,13H2,1-3H3,(H,14,15). The number of rotatable bonds is 9. The van der Waals surface area contributed by atoms with E-state index in [-0.39, 0.29) is 24.9 Å². The Bertz CT molecular complexity index is 454. The van der Waals surface area contributed by atoms with Crippen LogP contribution in [0, 0.1) is 0 Å². The van der Waals surface area contributed by atoms with Gasteiger partial charge in [-0.05, 0) is 0 Å². The number of carbonyl (C=O) groups is 1. The number of amides is 1. The van der Waals surface area contributed by atoms with Crippen molar-refractivity contribution >= 4 is 28.2 Å². The largest absolute Gasteiger partial charge is 0.389 e. The van der Waals surface area contributed by atoms with E-state index in [4.69, 9.17) is 15.2 Å². The van der Waals surface area contributed by atoms with Crippen molar-refractivity contribution in [2.24, 2.45) is 0 Å². The molecule has 0 aliphatic heterocycles. The average Bonchev–Trinajstić information content (AvgIpc) is 2.79. The molecule has 0 aliphatic carbocycles. The Morgan fingerprint density at radius 3 is 2.86 bits per heavy atom. The molecule has 0 aromatic carbocycles. The van der Waals surface area contributed by atoms with Gasteiger partial charge in [-0.2, -0.15) is 0 Å². The minimum atomic E-state index is -0.739. The number of aromatic nitrogens is 1. The lowest BCUT2D eigenvalue weighted by molar-refractivity contribution is 0.0382. The summed E-state index contributed by atoms with van der Waals surface area (Å²) >= 11 is 1.18. The molecule has 1 aromatic heterocycles. The van der Waals surface area contributed by atoms with Crippen LogP contribution >= 0.6 is 11.3 Å². The zero-order valence-corrected chi connectivity index (χ0v) is 13.3. The third kappa shape index (κ3) is 5.46. The van der Waals surface area contributed by atoms with E-state index in [1.165, 1.54) is 23.3 Å². The molecule has 0 bridgehead atoms. The number of methoxy groups -OCH3 is 2. The van der Waals surface area contributed by atoms with Crippen molar-refractivity contribution in [2.75, 3.05) is 58.6 Å². The van der Waals surface area contributed by atoms with Gasteiger partial charge in [-0.1, -0.05) is 11.3 Å². The second-order valence-electron chi connectivity index (χ2n) is 4.45. The Morgan fingerprint density at radius 2 is 2.24 bits per heavy atom. The van der Waals surface area contributed by atoms with Crippen LogP contribution in [-0.4, -0.2) is 74.6 Å². The van der Waals surface area contributed by atoms with E-state index < -0.39 is 6.10 Å². The average molecular weight is 318 g/mol. The highest BCUT2D eigenvalue weighted by Crippen LogP contribution is 2.25. The first-order chi connectivity index (χ1) is 9.99. The van der Waals surface area contributed by atoms with Crippen molar-refractivity contribution in [1.29, 1.82) is 0 Å². The Morgan fingerprint density at radius 1 is 1.52 bits per heavy atom. The van der Waals surface area contributed by atoms with Crippen LogP contribution in [0.3, 0.4) is 0 Å². The summed E-state index contributed by atoms with van der Waals surface area (Å²) in [4.78, 5) is 18.1. The molecule has 1 heterocycles. The molecule has 0 aliphatic rings. The summed E-state index contributed by atoms with van der Waals surface area (Å²) in [6.45, 7) is 1.45. The van der Waals surface area contributed by atoms with Gasteiger partial charge in [-0.15, -0.1) is 0 Å². The van der Waals surface area contributed by atoms with Gasteiger partial charge < -0.3 is 30.5 Å². The molecule has 4 N–H and O–H groups in total. The molecule has 1 atom stereocenters. The van der Waals surface area contributed by atoms with Crippen LogP contribution in [0.15, 0.2) is 0 Å². The molecule has 1 unspecified atom stereocenters. The van der Waals surface area contributed by atoms with Crippen molar-refractivity contribution in [3.63, 3.8) is 0 Å². The Kier molecular flexibility index (Phi) is 7.37. The van der Waals surface area contributed by atoms with Gasteiger partial charge >= 0.3 is 0 Å².